The fourth-order valence-corrected chi connectivity index (χ4v) is 2.62. The lowest BCUT2D eigenvalue weighted by Crippen LogP contribution is -2.29. The van der Waals surface area contributed by atoms with Crippen LogP contribution in [0.4, 0.5) is 5.69 Å². The standard InChI is InChI=1S/C19H32N2O2S/c1-4-6-9-16(5-2)15-23-13-8-12-20-19(24)21-17-10-7-11-18(14-17)22-3/h7,10-11,14,16H,4-6,8-9,12-13,15H2,1-3H3,(H2,20,21,24). The van der Waals surface area contributed by atoms with E-state index in [1.165, 1.54) is 25.7 Å². The molecule has 0 spiro atoms. The SMILES string of the molecule is CCCCC(CC)COCCCNC(=S)Nc1cccc(OC)c1. The summed E-state index contributed by atoms with van der Waals surface area (Å²) in [4.78, 5) is 0. The van der Waals surface area contributed by atoms with Gasteiger partial charge in [0, 0.05) is 31.5 Å². The van der Waals surface area contributed by atoms with Crippen molar-refractivity contribution < 1.29 is 9.47 Å². The molecule has 0 aliphatic carbocycles. The molecule has 0 aromatic heterocycles. The molecule has 1 aromatic carbocycles. The van der Waals surface area contributed by atoms with E-state index in [9.17, 15) is 0 Å². The first kappa shape index (κ1) is 20.7. The summed E-state index contributed by atoms with van der Waals surface area (Å²) in [6.45, 7) is 6.94. The zero-order valence-corrected chi connectivity index (χ0v) is 16.1. The van der Waals surface area contributed by atoms with Crippen LogP contribution < -0.4 is 15.4 Å². The zero-order valence-electron chi connectivity index (χ0n) is 15.3. The van der Waals surface area contributed by atoms with Crippen molar-refractivity contribution in [1.82, 2.24) is 5.32 Å². The van der Waals surface area contributed by atoms with Gasteiger partial charge in [-0.2, -0.15) is 0 Å². The highest BCUT2D eigenvalue weighted by molar-refractivity contribution is 7.80. The predicted octanol–water partition coefficient (Wildman–Crippen LogP) is 4.60. The first-order valence-corrected chi connectivity index (χ1v) is 9.37. The number of thiocarbonyl (C=S) groups is 1. The van der Waals surface area contributed by atoms with Gasteiger partial charge in [0.1, 0.15) is 5.75 Å². The molecule has 24 heavy (non-hydrogen) atoms. The molecule has 136 valence electrons. The lowest BCUT2D eigenvalue weighted by molar-refractivity contribution is 0.0928. The molecule has 1 atom stereocenters. The summed E-state index contributed by atoms with van der Waals surface area (Å²) < 4.78 is 11.0. The minimum Gasteiger partial charge on any atom is -0.497 e. The molecule has 0 aliphatic rings. The maximum absolute atomic E-state index is 5.79. The zero-order chi connectivity index (χ0) is 17.6. The highest BCUT2D eigenvalue weighted by atomic mass is 32.1. The Morgan fingerprint density at radius 3 is 2.79 bits per heavy atom. The molecule has 0 fully saturated rings. The molecule has 4 nitrogen and oxygen atoms in total. The number of hydrogen-bond acceptors (Lipinski definition) is 3. The van der Waals surface area contributed by atoms with Crippen LogP contribution in [0.5, 0.6) is 5.75 Å². The lowest BCUT2D eigenvalue weighted by atomic mass is 10.0. The maximum atomic E-state index is 5.79. The second-order valence-corrected chi connectivity index (χ2v) is 6.37. The average Bonchev–Trinajstić information content (AvgIpc) is 2.60. The number of hydrogen-bond donors (Lipinski definition) is 2. The van der Waals surface area contributed by atoms with Crippen LogP contribution in [0.1, 0.15) is 46.0 Å². The van der Waals surface area contributed by atoms with Crippen LogP contribution in [0.2, 0.25) is 0 Å². The highest BCUT2D eigenvalue weighted by Gasteiger charge is 2.05. The molecule has 0 amide bonds. The Balaban J connectivity index is 2.10. The van der Waals surface area contributed by atoms with Crippen LogP contribution in [-0.4, -0.2) is 32.0 Å². The van der Waals surface area contributed by atoms with Crippen molar-refractivity contribution in [2.24, 2.45) is 5.92 Å². The summed E-state index contributed by atoms with van der Waals surface area (Å²) in [6, 6.07) is 7.71. The summed E-state index contributed by atoms with van der Waals surface area (Å²) in [6.07, 6.45) is 5.99. The molecule has 0 heterocycles. The van der Waals surface area contributed by atoms with Gasteiger partial charge in [-0.1, -0.05) is 39.2 Å². The van der Waals surface area contributed by atoms with Crippen molar-refractivity contribution in [2.75, 3.05) is 32.2 Å². The van der Waals surface area contributed by atoms with Gasteiger partial charge in [0.2, 0.25) is 0 Å². The molecule has 0 saturated carbocycles. The van der Waals surface area contributed by atoms with Gasteiger partial charge in [0.05, 0.1) is 7.11 Å². The van der Waals surface area contributed by atoms with E-state index in [-0.39, 0.29) is 0 Å². The molecule has 5 heteroatoms. The number of ether oxygens (including phenoxy) is 2. The van der Waals surface area contributed by atoms with Gasteiger partial charge in [-0.25, -0.2) is 0 Å². The Hall–Kier alpha value is -1.33. The molecule has 0 aliphatic heterocycles. The Morgan fingerprint density at radius 1 is 1.25 bits per heavy atom. The number of anilines is 1. The van der Waals surface area contributed by atoms with Gasteiger partial charge in [0.15, 0.2) is 5.11 Å². The van der Waals surface area contributed by atoms with Crippen molar-refractivity contribution >= 4 is 23.0 Å². The molecule has 1 unspecified atom stereocenters. The monoisotopic (exact) mass is 352 g/mol. The minimum atomic E-state index is 0.623. The third-order valence-electron chi connectivity index (χ3n) is 3.98. The van der Waals surface area contributed by atoms with Crippen LogP contribution in [0.15, 0.2) is 24.3 Å². The van der Waals surface area contributed by atoms with Crippen LogP contribution in [0.25, 0.3) is 0 Å². The highest BCUT2D eigenvalue weighted by Crippen LogP contribution is 2.16. The van der Waals surface area contributed by atoms with Crippen molar-refractivity contribution in [3.63, 3.8) is 0 Å². The second kappa shape index (κ2) is 13.0. The van der Waals surface area contributed by atoms with Gasteiger partial charge in [-0.15, -0.1) is 0 Å². The van der Waals surface area contributed by atoms with Gasteiger partial charge in [0.25, 0.3) is 0 Å². The van der Waals surface area contributed by atoms with Gasteiger partial charge in [-0.3, -0.25) is 0 Å². The quantitative estimate of drug-likeness (QED) is 0.425. The van der Waals surface area contributed by atoms with E-state index in [0.717, 1.165) is 37.6 Å². The molecule has 0 bridgehead atoms. The van der Waals surface area contributed by atoms with Gasteiger partial charge >= 0.3 is 0 Å². The topological polar surface area (TPSA) is 42.5 Å². The molecule has 1 aromatic rings. The third-order valence-corrected chi connectivity index (χ3v) is 4.22. The lowest BCUT2D eigenvalue weighted by Gasteiger charge is -2.15. The Labute approximate surface area is 152 Å². The van der Waals surface area contributed by atoms with E-state index in [2.05, 4.69) is 24.5 Å². The molecule has 2 N–H and O–H groups in total. The Kier molecular flexibility index (Phi) is 11.2. The first-order chi connectivity index (χ1) is 11.7. The van der Waals surface area contributed by atoms with Crippen molar-refractivity contribution in [1.29, 1.82) is 0 Å². The van der Waals surface area contributed by atoms with E-state index in [1.807, 2.05) is 24.3 Å². The first-order valence-electron chi connectivity index (χ1n) is 8.96. The van der Waals surface area contributed by atoms with E-state index in [4.69, 9.17) is 21.7 Å². The van der Waals surface area contributed by atoms with Crippen molar-refractivity contribution in [2.45, 2.75) is 46.0 Å². The number of methoxy groups -OCH3 is 1. The Bertz CT molecular complexity index is 468. The molecular weight excluding hydrogens is 320 g/mol. The predicted molar refractivity (Wildman–Crippen MR) is 106 cm³/mol. The van der Waals surface area contributed by atoms with Crippen LogP contribution in [0, 0.1) is 5.92 Å². The summed E-state index contributed by atoms with van der Waals surface area (Å²) in [5.74, 6) is 1.51. The summed E-state index contributed by atoms with van der Waals surface area (Å²) in [5, 5.41) is 6.98. The number of rotatable bonds is 12. The minimum absolute atomic E-state index is 0.623. The fraction of sp³-hybridized carbons (Fsp3) is 0.632. The average molecular weight is 353 g/mol. The molecule has 0 radical (unpaired) electrons. The van der Waals surface area contributed by atoms with E-state index in [1.54, 1.807) is 7.11 Å². The van der Waals surface area contributed by atoms with Crippen LogP contribution in [-0.2, 0) is 4.74 Å². The van der Waals surface area contributed by atoms with E-state index >= 15 is 0 Å². The normalized spacial score (nSPS) is 11.8. The Morgan fingerprint density at radius 2 is 2.08 bits per heavy atom. The molecule has 1 rings (SSSR count). The van der Waals surface area contributed by atoms with Crippen molar-refractivity contribution in [3.8, 4) is 5.75 Å². The molecule has 0 saturated heterocycles. The van der Waals surface area contributed by atoms with Gasteiger partial charge in [-0.05, 0) is 43.1 Å². The van der Waals surface area contributed by atoms with Crippen LogP contribution in [0.3, 0.4) is 0 Å². The summed E-state index contributed by atoms with van der Waals surface area (Å²) in [7, 11) is 1.65. The molecular formula is C19H32N2O2S. The van der Waals surface area contributed by atoms with E-state index < -0.39 is 0 Å². The number of unbranched alkanes of at least 4 members (excludes halogenated alkanes) is 1. The van der Waals surface area contributed by atoms with Gasteiger partial charge < -0.3 is 20.1 Å². The summed E-state index contributed by atoms with van der Waals surface area (Å²) >= 11 is 5.30. The number of nitrogens with one attached hydrogen (secondary N) is 2. The largest absolute Gasteiger partial charge is 0.497 e. The van der Waals surface area contributed by atoms with E-state index in [0.29, 0.717) is 11.0 Å². The second-order valence-electron chi connectivity index (χ2n) is 5.96. The number of benzene rings is 1. The van der Waals surface area contributed by atoms with Crippen molar-refractivity contribution in [3.05, 3.63) is 24.3 Å². The smallest absolute Gasteiger partial charge is 0.170 e. The third kappa shape index (κ3) is 9.08. The van der Waals surface area contributed by atoms with Crippen LogP contribution >= 0.6 is 12.2 Å². The fourth-order valence-electron chi connectivity index (χ4n) is 2.40. The summed E-state index contributed by atoms with van der Waals surface area (Å²) in [5.41, 5.74) is 0.921. The maximum Gasteiger partial charge on any atom is 0.170 e.